The lowest BCUT2D eigenvalue weighted by molar-refractivity contribution is -0.167. The fourth-order valence-electron chi connectivity index (χ4n) is 7.46. The number of hydrogen-bond acceptors (Lipinski definition) is 6. The van der Waals surface area contributed by atoms with E-state index in [1.54, 1.807) is 0 Å². The number of carbonyl (C=O) groups excluding carboxylic acids is 3. The Hall–Kier alpha value is -1.59. The molecule has 0 saturated carbocycles. The van der Waals surface area contributed by atoms with Crippen molar-refractivity contribution in [1.29, 1.82) is 0 Å². The highest BCUT2D eigenvalue weighted by molar-refractivity contribution is 5.71. The average molecular weight is 793 g/mol. The molecule has 0 heterocycles. The van der Waals surface area contributed by atoms with Gasteiger partial charge in [0.05, 0.1) is 0 Å². The van der Waals surface area contributed by atoms with Crippen LogP contribution in [0, 0.1) is 11.8 Å². The minimum absolute atomic E-state index is 0.0642. The molecule has 0 saturated heterocycles. The van der Waals surface area contributed by atoms with E-state index in [1.807, 2.05) is 0 Å². The molecule has 56 heavy (non-hydrogen) atoms. The molecule has 0 aromatic rings. The highest BCUT2D eigenvalue weighted by atomic mass is 16.6. The summed E-state index contributed by atoms with van der Waals surface area (Å²) >= 11 is 0. The quantitative estimate of drug-likeness (QED) is 0.0347. The molecule has 0 aliphatic heterocycles. The minimum atomic E-state index is -0.761. The number of rotatable bonds is 44. The maximum absolute atomic E-state index is 12.8. The van der Waals surface area contributed by atoms with Crippen LogP contribution in [0.4, 0.5) is 0 Å². The molecule has 0 fully saturated rings. The van der Waals surface area contributed by atoms with Gasteiger partial charge in [-0.25, -0.2) is 0 Å². The minimum Gasteiger partial charge on any atom is -0.462 e. The van der Waals surface area contributed by atoms with Crippen LogP contribution in [0.1, 0.15) is 272 Å². The zero-order chi connectivity index (χ0) is 41.2. The third-order valence-corrected chi connectivity index (χ3v) is 11.2. The third kappa shape index (κ3) is 43.5. The molecule has 1 atom stereocenters. The van der Waals surface area contributed by atoms with Crippen LogP contribution in [0.15, 0.2) is 0 Å². The van der Waals surface area contributed by atoms with Crippen molar-refractivity contribution in [1.82, 2.24) is 0 Å². The Labute approximate surface area is 348 Å². The largest absolute Gasteiger partial charge is 0.462 e. The predicted molar refractivity (Wildman–Crippen MR) is 238 cm³/mol. The zero-order valence-electron chi connectivity index (χ0n) is 38.3. The summed E-state index contributed by atoms with van der Waals surface area (Å²) in [7, 11) is 0. The van der Waals surface area contributed by atoms with Crippen molar-refractivity contribution in [2.75, 3.05) is 13.2 Å². The third-order valence-electron chi connectivity index (χ3n) is 11.2. The van der Waals surface area contributed by atoms with Crippen molar-refractivity contribution < 1.29 is 28.6 Å². The monoisotopic (exact) mass is 793 g/mol. The van der Waals surface area contributed by atoms with Gasteiger partial charge in [-0.1, -0.05) is 234 Å². The van der Waals surface area contributed by atoms with Gasteiger partial charge in [0.2, 0.25) is 0 Å². The second-order valence-corrected chi connectivity index (χ2v) is 18.1. The SMILES string of the molecule is CCCCCCCCCCCCCCC(=O)OC[C@@H](COC(=O)CCCCCCCCCCCC(C)C)OC(=O)CCCCCCCCCCCCCC(C)C. The van der Waals surface area contributed by atoms with Gasteiger partial charge < -0.3 is 14.2 Å². The lowest BCUT2D eigenvalue weighted by atomic mass is 10.0. The molecular formula is C50H96O6. The Bertz CT molecular complexity index is 854. The Balaban J connectivity index is 4.33. The second kappa shape index (κ2) is 43.0. The van der Waals surface area contributed by atoms with Gasteiger partial charge in [0.1, 0.15) is 13.2 Å². The molecule has 0 spiro atoms. The summed E-state index contributed by atoms with van der Waals surface area (Å²) in [5.74, 6) is 0.781. The first-order valence-electron chi connectivity index (χ1n) is 24.7. The lowest BCUT2D eigenvalue weighted by Gasteiger charge is -2.18. The molecule has 0 amide bonds. The van der Waals surface area contributed by atoms with Gasteiger partial charge in [0.15, 0.2) is 6.10 Å². The van der Waals surface area contributed by atoms with Crippen LogP contribution >= 0.6 is 0 Å². The number of ether oxygens (including phenoxy) is 3. The maximum atomic E-state index is 12.8. The van der Waals surface area contributed by atoms with Gasteiger partial charge in [-0.3, -0.25) is 14.4 Å². The first-order valence-corrected chi connectivity index (χ1v) is 24.7. The smallest absolute Gasteiger partial charge is 0.306 e. The molecule has 0 aliphatic rings. The molecule has 0 bridgehead atoms. The van der Waals surface area contributed by atoms with Crippen LogP contribution in [0.5, 0.6) is 0 Å². The fourth-order valence-corrected chi connectivity index (χ4v) is 7.46. The molecule has 6 heteroatoms. The predicted octanol–water partition coefficient (Wildman–Crippen LogP) is 15.8. The molecule has 0 rings (SSSR count). The number of carbonyl (C=O) groups is 3. The molecule has 332 valence electrons. The first kappa shape index (κ1) is 54.4. The van der Waals surface area contributed by atoms with Gasteiger partial charge in [0.25, 0.3) is 0 Å². The normalized spacial score (nSPS) is 12.1. The number of esters is 3. The Morgan fingerprint density at radius 2 is 0.589 bits per heavy atom. The summed E-state index contributed by atoms with van der Waals surface area (Å²) in [5, 5.41) is 0. The van der Waals surface area contributed by atoms with Gasteiger partial charge in [-0.2, -0.15) is 0 Å². The standard InChI is InChI=1S/C50H96O6/c1-6-7-8-9-10-11-12-15-20-25-30-35-40-48(51)54-43-47(44-55-49(52)41-36-31-26-22-17-19-24-29-34-39-46(4)5)56-50(53)42-37-32-27-21-16-13-14-18-23-28-33-38-45(2)3/h45-47H,6-44H2,1-5H3/t47-/m0/s1. The van der Waals surface area contributed by atoms with Crippen LogP contribution in [-0.4, -0.2) is 37.2 Å². The van der Waals surface area contributed by atoms with E-state index in [0.717, 1.165) is 69.6 Å². The zero-order valence-corrected chi connectivity index (χ0v) is 38.3. The van der Waals surface area contributed by atoms with Crippen molar-refractivity contribution in [2.24, 2.45) is 11.8 Å². The van der Waals surface area contributed by atoms with Crippen LogP contribution in [-0.2, 0) is 28.6 Å². The molecule has 0 aromatic carbocycles. The molecule has 0 unspecified atom stereocenters. The Kier molecular flexibility index (Phi) is 41.8. The van der Waals surface area contributed by atoms with Crippen LogP contribution in [0.25, 0.3) is 0 Å². The van der Waals surface area contributed by atoms with Gasteiger partial charge >= 0.3 is 17.9 Å². The van der Waals surface area contributed by atoms with Crippen molar-refractivity contribution >= 4 is 17.9 Å². The maximum Gasteiger partial charge on any atom is 0.306 e. The van der Waals surface area contributed by atoms with Gasteiger partial charge in [0, 0.05) is 19.3 Å². The van der Waals surface area contributed by atoms with E-state index in [4.69, 9.17) is 14.2 Å². The molecule has 0 radical (unpaired) electrons. The highest BCUT2D eigenvalue weighted by Gasteiger charge is 2.19. The van der Waals surface area contributed by atoms with Crippen molar-refractivity contribution in [2.45, 2.75) is 278 Å². The van der Waals surface area contributed by atoms with Crippen LogP contribution < -0.4 is 0 Å². The molecular weight excluding hydrogens is 697 g/mol. The summed E-state index contributed by atoms with van der Waals surface area (Å²) in [6.07, 6.45) is 42.3. The van der Waals surface area contributed by atoms with Gasteiger partial charge in [-0.05, 0) is 31.1 Å². The fraction of sp³-hybridized carbons (Fsp3) is 0.940. The van der Waals surface area contributed by atoms with Crippen LogP contribution in [0.3, 0.4) is 0 Å². The second-order valence-electron chi connectivity index (χ2n) is 18.1. The molecule has 0 aliphatic carbocycles. The van der Waals surface area contributed by atoms with E-state index < -0.39 is 6.10 Å². The summed E-state index contributed by atoms with van der Waals surface area (Å²) < 4.78 is 16.8. The first-order chi connectivity index (χ1) is 27.2. The van der Waals surface area contributed by atoms with Crippen molar-refractivity contribution in [3.63, 3.8) is 0 Å². The van der Waals surface area contributed by atoms with E-state index >= 15 is 0 Å². The summed E-state index contributed by atoms with van der Waals surface area (Å²) in [6, 6.07) is 0. The van der Waals surface area contributed by atoms with Gasteiger partial charge in [-0.15, -0.1) is 0 Å². The van der Waals surface area contributed by atoms with E-state index in [2.05, 4.69) is 34.6 Å². The Morgan fingerprint density at radius 3 is 0.875 bits per heavy atom. The van der Waals surface area contributed by atoms with E-state index in [0.29, 0.717) is 19.3 Å². The van der Waals surface area contributed by atoms with E-state index in [9.17, 15) is 14.4 Å². The summed E-state index contributed by atoms with van der Waals surface area (Å²) in [6.45, 7) is 11.3. The topological polar surface area (TPSA) is 78.9 Å². The highest BCUT2D eigenvalue weighted by Crippen LogP contribution is 2.17. The van der Waals surface area contributed by atoms with Crippen molar-refractivity contribution in [3.05, 3.63) is 0 Å². The molecule has 0 N–H and O–H groups in total. The molecule has 6 nitrogen and oxygen atoms in total. The van der Waals surface area contributed by atoms with Crippen molar-refractivity contribution in [3.8, 4) is 0 Å². The number of unbranched alkanes of at least 4 members (excludes halogenated alkanes) is 29. The summed E-state index contributed by atoms with van der Waals surface area (Å²) in [5.41, 5.74) is 0. The molecule has 0 aromatic heterocycles. The average Bonchev–Trinajstić information content (AvgIpc) is 3.16. The van der Waals surface area contributed by atoms with E-state index in [-0.39, 0.29) is 31.1 Å². The van der Waals surface area contributed by atoms with E-state index in [1.165, 1.54) is 161 Å². The van der Waals surface area contributed by atoms with Crippen LogP contribution in [0.2, 0.25) is 0 Å². The summed E-state index contributed by atoms with van der Waals surface area (Å²) in [4.78, 5) is 37.8. The number of hydrogen-bond donors (Lipinski definition) is 0. The Morgan fingerprint density at radius 1 is 0.339 bits per heavy atom. The lowest BCUT2D eigenvalue weighted by Crippen LogP contribution is -2.30.